The number of carboxylic acids is 1. The van der Waals surface area contributed by atoms with Crippen LogP contribution in [0.25, 0.3) is 11.1 Å². The number of aromatic nitrogens is 1. The van der Waals surface area contributed by atoms with Gasteiger partial charge in [-0.2, -0.15) is 0 Å². The summed E-state index contributed by atoms with van der Waals surface area (Å²) in [5.74, 6) is -0.865. The molecule has 2 rings (SSSR count). The van der Waals surface area contributed by atoms with Crippen LogP contribution in [-0.4, -0.2) is 16.1 Å². The Labute approximate surface area is 93.4 Å². The molecule has 0 saturated heterocycles. The highest BCUT2D eigenvalue weighted by atomic mass is 16.4. The normalized spacial score (nSPS) is 10.0. The van der Waals surface area contributed by atoms with E-state index in [1.165, 1.54) is 0 Å². The Balaban J connectivity index is 2.44. The number of benzene rings is 1. The Morgan fingerprint density at radius 3 is 2.56 bits per heavy atom. The summed E-state index contributed by atoms with van der Waals surface area (Å²) in [4.78, 5) is 14.8. The van der Waals surface area contributed by atoms with Gasteiger partial charge in [-0.1, -0.05) is 36.4 Å². The van der Waals surface area contributed by atoms with E-state index >= 15 is 0 Å². The Bertz CT molecular complexity index is 494. The highest BCUT2D eigenvalue weighted by Gasteiger charge is 2.08. The molecule has 3 heteroatoms. The van der Waals surface area contributed by atoms with Crippen LogP contribution in [-0.2, 0) is 11.2 Å². The molecule has 0 atom stereocenters. The Morgan fingerprint density at radius 2 is 1.88 bits per heavy atom. The molecule has 3 nitrogen and oxygen atoms in total. The second-order valence-corrected chi connectivity index (χ2v) is 3.43. The quantitative estimate of drug-likeness (QED) is 0.851. The van der Waals surface area contributed by atoms with E-state index in [9.17, 15) is 4.79 Å². The maximum Gasteiger partial charge on any atom is 0.309 e. The molecule has 0 aliphatic heterocycles. The number of hydrogen-bond acceptors (Lipinski definition) is 2. The smallest absolute Gasteiger partial charge is 0.309 e. The number of carboxylic acid groups (broad SMARTS) is 1. The molecule has 1 aromatic carbocycles. The molecule has 16 heavy (non-hydrogen) atoms. The SMILES string of the molecule is O=C(O)Cc1ncccc1-c1ccccc1. The maximum absolute atomic E-state index is 10.7. The molecule has 0 radical (unpaired) electrons. The van der Waals surface area contributed by atoms with E-state index in [4.69, 9.17) is 5.11 Å². The zero-order valence-corrected chi connectivity index (χ0v) is 8.63. The number of hydrogen-bond donors (Lipinski definition) is 1. The first-order chi connectivity index (χ1) is 7.77. The highest BCUT2D eigenvalue weighted by Crippen LogP contribution is 2.21. The van der Waals surface area contributed by atoms with Gasteiger partial charge in [-0.25, -0.2) is 0 Å². The topological polar surface area (TPSA) is 50.2 Å². The largest absolute Gasteiger partial charge is 0.481 e. The van der Waals surface area contributed by atoms with Gasteiger partial charge in [0.2, 0.25) is 0 Å². The number of nitrogens with zero attached hydrogens (tertiary/aromatic N) is 1. The Kier molecular flexibility index (Phi) is 2.96. The summed E-state index contributed by atoms with van der Waals surface area (Å²) >= 11 is 0. The van der Waals surface area contributed by atoms with Crippen molar-refractivity contribution in [1.29, 1.82) is 0 Å². The van der Waals surface area contributed by atoms with Gasteiger partial charge in [0, 0.05) is 11.8 Å². The van der Waals surface area contributed by atoms with Crippen LogP contribution < -0.4 is 0 Å². The molecule has 0 saturated carbocycles. The molecule has 1 heterocycles. The summed E-state index contributed by atoms with van der Waals surface area (Å²) in [7, 11) is 0. The van der Waals surface area contributed by atoms with Crippen molar-refractivity contribution in [3.8, 4) is 11.1 Å². The molecule has 0 bridgehead atoms. The summed E-state index contributed by atoms with van der Waals surface area (Å²) in [5, 5.41) is 8.80. The zero-order valence-electron chi connectivity index (χ0n) is 8.63. The lowest BCUT2D eigenvalue weighted by molar-refractivity contribution is -0.136. The molecule has 0 spiro atoms. The third-order valence-electron chi connectivity index (χ3n) is 2.29. The monoisotopic (exact) mass is 213 g/mol. The van der Waals surface area contributed by atoms with Crippen molar-refractivity contribution < 1.29 is 9.90 Å². The van der Waals surface area contributed by atoms with Crippen LogP contribution >= 0.6 is 0 Å². The number of rotatable bonds is 3. The number of pyridine rings is 1. The Morgan fingerprint density at radius 1 is 1.12 bits per heavy atom. The standard InChI is InChI=1S/C13H11NO2/c15-13(16)9-12-11(7-4-8-14-12)10-5-2-1-3-6-10/h1-8H,9H2,(H,15,16). The fourth-order valence-electron chi connectivity index (χ4n) is 1.60. The lowest BCUT2D eigenvalue weighted by Gasteiger charge is -2.06. The fourth-order valence-corrected chi connectivity index (χ4v) is 1.60. The molecular formula is C13H11NO2. The van der Waals surface area contributed by atoms with E-state index in [1.807, 2.05) is 42.5 Å². The molecule has 0 amide bonds. The van der Waals surface area contributed by atoms with Gasteiger partial charge in [-0.3, -0.25) is 9.78 Å². The average Bonchev–Trinajstić information content (AvgIpc) is 2.30. The van der Waals surface area contributed by atoms with Gasteiger partial charge < -0.3 is 5.11 Å². The first-order valence-corrected chi connectivity index (χ1v) is 4.98. The second kappa shape index (κ2) is 4.57. The molecule has 0 unspecified atom stereocenters. The first kappa shape index (κ1) is 10.4. The highest BCUT2D eigenvalue weighted by molar-refractivity contribution is 5.75. The minimum Gasteiger partial charge on any atom is -0.481 e. The fraction of sp³-hybridized carbons (Fsp3) is 0.0769. The first-order valence-electron chi connectivity index (χ1n) is 4.98. The summed E-state index contributed by atoms with van der Waals surface area (Å²) in [5.41, 5.74) is 2.47. The van der Waals surface area contributed by atoms with Gasteiger partial charge in [-0.05, 0) is 11.6 Å². The molecule has 1 aromatic heterocycles. The van der Waals surface area contributed by atoms with Gasteiger partial charge in [0.1, 0.15) is 0 Å². The van der Waals surface area contributed by atoms with Crippen molar-refractivity contribution in [2.24, 2.45) is 0 Å². The van der Waals surface area contributed by atoms with Crippen LogP contribution in [0.2, 0.25) is 0 Å². The van der Waals surface area contributed by atoms with Crippen LogP contribution in [0.3, 0.4) is 0 Å². The molecule has 0 aliphatic rings. The molecule has 0 aliphatic carbocycles. The molecule has 0 fully saturated rings. The summed E-state index contributed by atoms with van der Waals surface area (Å²) in [6.45, 7) is 0. The maximum atomic E-state index is 10.7. The molecular weight excluding hydrogens is 202 g/mol. The summed E-state index contributed by atoms with van der Waals surface area (Å²) in [6.07, 6.45) is 1.57. The lowest BCUT2D eigenvalue weighted by atomic mass is 10.0. The van der Waals surface area contributed by atoms with E-state index < -0.39 is 5.97 Å². The van der Waals surface area contributed by atoms with E-state index in [2.05, 4.69) is 4.98 Å². The van der Waals surface area contributed by atoms with Gasteiger partial charge >= 0.3 is 5.97 Å². The zero-order chi connectivity index (χ0) is 11.4. The van der Waals surface area contributed by atoms with Crippen molar-refractivity contribution in [1.82, 2.24) is 4.98 Å². The van der Waals surface area contributed by atoms with Gasteiger partial charge in [0.15, 0.2) is 0 Å². The van der Waals surface area contributed by atoms with E-state index in [-0.39, 0.29) is 6.42 Å². The number of aliphatic carboxylic acids is 1. The van der Waals surface area contributed by atoms with Crippen molar-refractivity contribution in [3.63, 3.8) is 0 Å². The van der Waals surface area contributed by atoms with E-state index in [0.717, 1.165) is 11.1 Å². The predicted octanol–water partition coefficient (Wildman–Crippen LogP) is 2.38. The Hall–Kier alpha value is -2.16. The van der Waals surface area contributed by atoms with Crippen molar-refractivity contribution >= 4 is 5.97 Å². The van der Waals surface area contributed by atoms with Crippen LogP contribution in [0, 0.1) is 0 Å². The summed E-state index contributed by atoms with van der Waals surface area (Å²) in [6, 6.07) is 13.4. The molecule has 1 N–H and O–H groups in total. The minimum absolute atomic E-state index is 0.0505. The summed E-state index contributed by atoms with van der Waals surface area (Å²) < 4.78 is 0. The van der Waals surface area contributed by atoms with Crippen LogP contribution in [0.4, 0.5) is 0 Å². The van der Waals surface area contributed by atoms with Crippen molar-refractivity contribution in [2.75, 3.05) is 0 Å². The molecule has 2 aromatic rings. The molecule has 80 valence electrons. The van der Waals surface area contributed by atoms with Gasteiger partial charge in [0.25, 0.3) is 0 Å². The van der Waals surface area contributed by atoms with Gasteiger partial charge in [0.05, 0.1) is 12.1 Å². The van der Waals surface area contributed by atoms with Gasteiger partial charge in [-0.15, -0.1) is 0 Å². The third kappa shape index (κ3) is 2.25. The average molecular weight is 213 g/mol. The van der Waals surface area contributed by atoms with Crippen LogP contribution in [0.15, 0.2) is 48.7 Å². The minimum atomic E-state index is -0.865. The second-order valence-electron chi connectivity index (χ2n) is 3.43. The van der Waals surface area contributed by atoms with E-state index in [1.54, 1.807) is 6.20 Å². The van der Waals surface area contributed by atoms with E-state index in [0.29, 0.717) is 5.69 Å². The lowest BCUT2D eigenvalue weighted by Crippen LogP contribution is -2.03. The number of carbonyl (C=O) groups is 1. The van der Waals surface area contributed by atoms with Crippen LogP contribution in [0.1, 0.15) is 5.69 Å². The van der Waals surface area contributed by atoms with Crippen LogP contribution in [0.5, 0.6) is 0 Å². The van der Waals surface area contributed by atoms with Crippen molar-refractivity contribution in [3.05, 3.63) is 54.4 Å². The predicted molar refractivity (Wildman–Crippen MR) is 61.0 cm³/mol. The van der Waals surface area contributed by atoms with Crippen molar-refractivity contribution in [2.45, 2.75) is 6.42 Å². The third-order valence-corrected chi connectivity index (χ3v) is 2.29.